The molecule has 1 aromatic carbocycles. The fourth-order valence-electron chi connectivity index (χ4n) is 1.35. The number of terminal acetylenes is 1. The molecule has 0 unspecified atom stereocenters. The summed E-state index contributed by atoms with van der Waals surface area (Å²) in [7, 11) is 1.60. The zero-order valence-electron chi connectivity index (χ0n) is 11.5. The number of carbonyl (C=O) groups is 1. The van der Waals surface area contributed by atoms with Crippen LogP contribution in [0.15, 0.2) is 30.3 Å². The molecule has 0 bridgehead atoms. The molecule has 0 aliphatic rings. The van der Waals surface area contributed by atoms with Gasteiger partial charge >= 0.3 is 5.97 Å². The average molecular weight is 274 g/mol. The van der Waals surface area contributed by atoms with E-state index in [0.29, 0.717) is 19.8 Å². The Kier molecular flexibility index (Phi) is 7.82. The van der Waals surface area contributed by atoms with Gasteiger partial charge in [0, 0.05) is 18.7 Å². The van der Waals surface area contributed by atoms with Crippen LogP contribution in [0.5, 0.6) is 0 Å². The van der Waals surface area contributed by atoms with Crippen molar-refractivity contribution >= 4 is 12.0 Å². The van der Waals surface area contributed by atoms with Gasteiger partial charge in [0.15, 0.2) is 0 Å². The van der Waals surface area contributed by atoms with Gasteiger partial charge in [-0.25, -0.2) is 4.79 Å². The van der Waals surface area contributed by atoms with E-state index in [2.05, 4.69) is 5.92 Å². The van der Waals surface area contributed by atoms with Crippen molar-refractivity contribution in [2.75, 3.05) is 33.5 Å². The Labute approximate surface area is 119 Å². The molecule has 0 aliphatic heterocycles. The first-order valence-electron chi connectivity index (χ1n) is 6.24. The van der Waals surface area contributed by atoms with E-state index < -0.39 is 5.97 Å². The van der Waals surface area contributed by atoms with Crippen LogP contribution in [-0.4, -0.2) is 39.5 Å². The smallest absolute Gasteiger partial charge is 0.330 e. The maximum Gasteiger partial charge on any atom is 0.330 e. The Morgan fingerprint density at radius 2 is 1.90 bits per heavy atom. The first-order chi connectivity index (χ1) is 9.76. The lowest BCUT2D eigenvalue weighted by molar-refractivity contribution is -0.139. The van der Waals surface area contributed by atoms with Gasteiger partial charge in [-0.05, 0) is 23.8 Å². The predicted molar refractivity (Wildman–Crippen MR) is 77.1 cm³/mol. The summed E-state index contributed by atoms with van der Waals surface area (Å²) in [5, 5.41) is 0. The number of rotatable bonds is 8. The maximum atomic E-state index is 11.4. The molecule has 0 aliphatic carbocycles. The lowest BCUT2D eigenvalue weighted by atomic mass is 10.1. The highest BCUT2D eigenvalue weighted by Crippen LogP contribution is 2.05. The van der Waals surface area contributed by atoms with E-state index in [1.165, 1.54) is 6.08 Å². The van der Waals surface area contributed by atoms with Crippen molar-refractivity contribution < 1.29 is 19.0 Å². The summed E-state index contributed by atoms with van der Waals surface area (Å²) in [6.07, 6.45) is 8.31. The molecule has 0 spiro atoms. The zero-order chi connectivity index (χ0) is 14.6. The number of benzene rings is 1. The Balaban J connectivity index is 2.24. The fourth-order valence-corrected chi connectivity index (χ4v) is 1.35. The molecule has 0 fully saturated rings. The van der Waals surface area contributed by atoms with Gasteiger partial charge in [-0.1, -0.05) is 18.1 Å². The minimum atomic E-state index is -0.402. The highest BCUT2D eigenvalue weighted by atomic mass is 16.6. The third-order valence-electron chi connectivity index (χ3n) is 2.39. The number of hydrogen-bond acceptors (Lipinski definition) is 4. The van der Waals surface area contributed by atoms with Crippen LogP contribution >= 0.6 is 0 Å². The quantitative estimate of drug-likeness (QED) is 0.314. The number of hydrogen-bond donors (Lipinski definition) is 0. The molecule has 0 aromatic heterocycles. The van der Waals surface area contributed by atoms with Gasteiger partial charge in [0.1, 0.15) is 6.61 Å². The van der Waals surface area contributed by atoms with Crippen molar-refractivity contribution in [2.45, 2.75) is 0 Å². The summed E-state index contributed by atoms with van der Waals surface area (Å²) < 4.78 is 14.9. The van der Waals surface area contributed by atoms with Crippen molar-refractivity contribution in [1.29, 1.82) is 0 Å². The number of carbonyl (C=O) groups excluding carboxylic acids is 1. The van der Waals surface area contributed by atoms with Gasteiger partial charge in [-0.3, -0.25) is 0 Å². The first-order valence-corrected chi connectivity index (χ1v) is 6.24. The van der Waals surface area contributed by atoms with Gasteiger partial charge in [0.2, 0.25) is 0 Å². The molecule has 0 saturated carbocycles. The summed E-state index contributed by atoms with van der Waals surface area (Å²) in [5.41, 5.74) is 1.69. The van der Waals surface area contributed by atoms with Crippen LogP contribution in [0.3, 0.4) is 0 Å². The summed E-state index contributed by atoms with van der Waals surface area (Å²) in [6, 6.07) is 7.31. The lowest BCUT2D eigenvalue weighted by Gasteiger charge is -2.03. The van der Waals surface area contributed by atoms with Crippen LogP contribution < -0.4 is 0 Å². The molecular weight excluding hydrogens is 256 g/mol. The van der Waals surface area contributed by atoms with E-state index in [9.17, 15) is 4.79 Å². The molecule has 0 atom stereocenters. The molecule has 4 nitrogen and oxygen atoms in total. The van der Waals surface area contributed by atoms with Gasteiger partial charge in [-0.15, -0.1) is 6.42 Å². The molecule has 0 N–H and O–H groups in total. The minimum absolute atomic E-state index is 0.225. The fraction of sp³-hybridized carbons (Fsp3) is 0.312. The van der Waals surface area contributed by atoms with Crippen LogP contribution in [0.2, 0.25) is 0 Å². The highest BCUT2D eigenvalue weighted by molar-refractivity contribution is 5.87. The van der Waals surface area contributed by atoms with Crippen LogP contribution in [-0.2, 0) is 19.0 Å². The third-order valence-corrected chi connectivity index (χ3v) is 2.39. The monoisotopic (exact) mass is 274 g/mol. The van der Waals surface area contributed by atoms with Crippen molar-refractivity contribution in [3.05, 3.63) is 41.5 Å². The van der Waals surface area contributed by atoms with E-state index in [0.717, 1.165) is 11.1 Å². The normalized spacial score (nSPS) is 10.4. The third kappa shape index (κ3) is 6.74. The molecule has 1 aromatic rings. The van der Waals surface area contributed by atoms with E-state index in [1.54, 1.807) is 13.2 Å². The van der Waals surface area contributed by atoms with Crippen LogP contribution in [0, 0.1) is 12.3 Å². The molecule has 4 heteroatoms. The van der Waals surface area contributed by atoms with Crippen molar-refractivity contribution in [3.63, 3.8) is 0 Å². The molecule has 106 valence electrons. The summed E-state index contributed by atoms with van der Waals surface area (Å²) in [4.78, 5) is 11.4. The largest absolute Gasteiger partial charge is 0.460 e. The second-order valence-electron chi connectivity index (χ2n) is 3.87. The van der Waals surface area contributed by atoms with Crippen molar-refractivity contribution in [1.82, 2.24) is 0 Å². The second-order valence-corrected chi connectivity index (χ2v) is 3.87. The maximum absolute atomic E-state index is 11.4. The van der Waals surface area contributed by atoms with E-state index >= 15 is 0 Å². The van der Waals surface area contributed by atoms with Gasteiger partial charge in [-0.2, -0.15) is 0 Å². The van der Waals surface area contributed by atoms with Gasteiger partial charge in [0.25, 0.3) is 0 Å². The Morgan fingerprint density at radius 1 is 1.20 bits per heavy atom. The van der Waals surface area contributed by atoms with Crippen LogP contribution in [0.25, 0.3) is 6.08 Å². The van der Waals surface area contributed by atoms with Gasteiger partial charge in [0.05, 0.1) is 19.8 Å². The van der Waals surface area contributed by atoms with Crippen molar-refractivity contribution in [2.24, 2.45) is 0 Å². The van der Waals surface area contributed by atoms with Gasteiger partial charge < -0.3 is 14.2 Å². The predicted octanol–water partition coefficient (Wildman–Crippen LogP) is 1.89. The number of methoxy groups -OCH3 is 1. The average Bonchev–Trinajstić information content (AvgIpc) is 2.49. The van der Waals surface area contributed by atoms with Crippen LogP contribution in [0.1, 0.15) is 11.1 Å². The van der Waals surface area contributed by atoms with E-state index in [-0.39, 0.29) is 6.61 Å². The number of ether oxygens (including phenoxy) is 3. The summed E-state index contributed by atoms with van der Waals surface area (Å²) in [6.45, 7) is 1.61. The lowest BCUT2D eigenvalue weighted by Crippen LogP contribution is -2.10. The zero-order valence-corrected chi connectivity index (χ0v) is 11.5. The molecule has 0 amide bonds. The van der Waals surface area contributed by atoms with Crippen molar-refractivity contribution in [3.8, 4) is 12.3 Å². The Morgan fingerprint density at radius 3 is 2.55 bits per heavy atom. The molecule has 0 saturated heterocycles. The molecule has 0 heterocycles. The molecular formula is C16H18O4. The summed E-state index contributed by atoms with van der Waals surface area (Å²) in [5.74, 6) is 2.13. The highest BCUT2D eigenvalue weighted by Gasteiger charge is 1.97. The Hall–Kier alpha value is -2.09. The molecule has 20 heavy (non-hydrogen) atoms. The summed E-state index contributed by atoms with van der Waals surface area (Å²) >= 11 is 0. The molecule has 0 radical (unpaired) electrons. The van der Waals surface area contributed by atoms with E-state index in [4.69, 9.17) is 20.6 Å². The second kappa shape index (κ2) is 9.79. The first kappa shape index (κ1) is 16.0. The van der Waals surface area contributed by atoms with E-state index in [1.807, 2.05) is 24.3 Å². The Bertz CT molecular complexity index is 468. The molecule has 1 rings (SSSR count). The standard InChI is InChI=1S/C16H18O4/c1-3-14-4-6-15(7-5-14)8-9-16(17)20-13-12-19-11-10-18-2/h1,4-9H,10-13H2,2H3/b9-8+. The topological polar surface area (TPSA) is 44.8 Å². The SMILES string of the molecule is C#Cc1ccc(/C=C/C(=O)OCCOCCOC)cc1. The number of esters is 1. The van der Waals surface area contributed by atoms with Crippen LogP contribution in [0.4, 0.5) is 0 Å². The minimum Gasteiger partial charge on any atom is -0.460 e.